The molecule has 1 aromatic rings. The maximum Gasteiger partial charge on any atom is 0.418 e. The molecule has 1 aromatic carbocycles. The van der Waals surface area contributed by atoms with E-state index in [-0.39, 0.29) is 17.8 Å². The number of aliphatic hydroxyl groups excluding tert-OH is 1. The highest BCUT2D eigenvalue weighted by Gasteiger charge is 2.33. The second kappa shape index (κ2) is 5.38. The lowest BCUT2D eigenvalue weighted by molar-refractivity contribution is -0.137. The van der Waals surface area contributed by atoms with Crippen molar-refractivity contribution in [3.63, 3.8) is 0 Å². The fourth-order valence-corrected chi connectivity index (χ4v) is 1.89. The van der Waals surface area contributed by atoms with E-state index in [2.05, 4.69) is 5.32 Å². The maximum absolute atomic E-state index is 12.7. The van der Waals surface area contributed by atoms with E-state index >= 15 is 0 Å². The van der Waals surface area contributed by atoms with Crippen LogP contribution in [-0.4, -0.2) is 18.2 Å². The molecule has 2 rings (SSSR count). The Kier molecular flexibility index (Phi) is 4.01. The molecule has 0 spiro atoms. The van der Waals surface area contributed by atoms with Gasteiger partial charge >= 0.3 is 6.18 Å². The summed E-state index contributed by atoms with van der Waals surface area (Å²) in [6.45, 7) is 1.05. The van der Waals surface area contributed by atoms with Crippen LogP contribution in [0.2, 0.25) is 0 Å². The number of anilines is 1. The molecule has 106 valence electrons. The van der Waals surface area contributed by atoms with Crippen molar-refractivity contribution in [1.29, 1.82) is 0 Å². The van der Waals surface area contributed by atoms with Crippen molar-refractivity contribution in [1.82, 2.24) is 5.32 Å². The summed E-state index contributed by atoms with van der Waals surface area (Å²) in [6, 6.07) is 3.52. The molecule has 1 aliphatic carbocycles. The number of nitrogens with two attached hydrogens (primary N) is 1. The standard InChI is InChI=1S/C13H17F3N2O/c14-13(15,16)10-5-9(3-4-11(10)17)12(19)7-18-6-8-1-2-8/h3-5,8,12,18-19H,1-2,6-7,17H2. The molecular formula is C13H17F3N2O. The van der Waals surface area contributed by atoms with Crippen LogP contribution in [0.25, 0.3) is 0 Å². The molecule has 0 amide bonds. The number of halogens is 3. The number of aliphatic hydroxyl groups is 1. The summed E-state index contributed by atoms with van der Waals surface area (Å²) >= 11 is 0. The zero-order valence-electron chi connectivity index (χ0n) is 10.4. The molecule has 6 heteroatoms. The molecule has 0 heterocycles. The average molecular weight is 274 g/mol. The van der Waals surface area contributed by atoms with Crippen molar-refractivity contribution < 1.29 is 18.3 Å². The van der Waals surface area contributed by atoms with E-state index in [1.54, 1.807) is 0 Å². The van der Waals surface area contributed by atoms with Crippen molar-refractivity contribution in [2.45, 2.75) is 25.1 Å². The Morgan fingerprint density at radius 3 is 2.63 bits per heavy atom. The number of alkyl halides is 3. The summed E-state index contributed by atoms with van der Waals surface area (Å²) < 4.78 is 38.0. The van der Waals surface area contributed by atoms with Gasteiger partial charge in [-0.05, 0) is 43.0 Å². The summed E-state index contributed by atoms with van der Waals surface area (Å²) in [6.07, 6.45) is -3.09. The molecule has 4 N–H and O–H groups in total. The SMILES string of the molecule is Nc1ccc(C(O)CNCC2CC2)cc1C(F)(F)F. The fourth-order valence-electron chi connectivity index (χ4n) is 1.89. The summed E-state index contributed by atoms with van der Waals surface area (Å²) in [7, 11) is 0. The molecule has 0 aliphatic heterocycles. The van der Waals surface area contributed by atoms with Crippen molar-refractivity contribution in [3.05, 3.63) is 29.3 Å². The molecule has 1 unspecified atom stereocenters. The Morgan fingerprint density at radius 2 is 2.05 bits per heavy atom. The second-order valence-corrected chi connectivity index (χ2v) is 4.96. The molecule has 0 aromatic heterocycles. The van der Waals surface area contributed by atoms with Gasteiger partial charge in [0.25, 0.3) is 0 Å². The minimum Gasteiger partial charge on any atom is -0.398 e. The third kappa shape index (κ3) is 3.84. The molecular weight excluding hydrogens is 257 g/mol. The van der Waals surface area contributed by atoms with Crippen molar-refractivity contribution >= 4 is 5.69 Å². The highest BCUT2D eigenvalue weighted by atomic mass is 19.4. The van der Waals surface area contributed by atoms with E-state index < -0.39 is 17.8 Å². The third-order valence-corrected chi connectivity index (χ3v) is 3.24. The van der Waals surface area contributed by atoms with Gasteiger partial charge in [0.15, 0.2) is 0 Å². The van der Waals surface area contributed by atoms with Gasteiger partial charge in [-0.25, -0.2) is 0 Å². The third-order valence-electron chi connectivity index (χ3n) is 3.24. The van der Waals surface area contributed by atoms with E-state index in [4.69, 9.17) is 5.73 Å². The normalized spacial score (nSPS) is 17.5. The number of nitrogen functional groups attached to an aromatic ring is 1. The van der Waals surface area contributed by atoms with Gasteiger partial charge in [-0.1, -0.05) is 6.07 Å². The first-order valence-electron chi connectivity index (χ1n) is 6.23. The minimum absolute atomic E-state index is 0.227. The first kappa shape index (κ1) is 14.1. The van der Waals surface area contributed by atoms with E-state index in [0.29, 0.717) is 5.92 Å². The van der Waals surface area contributed by atoms with Gasteiger partial charge in [0.2, 0.25) is 0 Å². The number of hydrogen-bond donors (Lipinski definition) is 3. The summed E-state index contributed by atoms with van der Waals surface area (Å²) in [4.78, 5) is 0. The monoisotopic (exact) mass is 274 g/mol. The second-order valence-electron chi connectivity index (χ2n) is 4.96. The highest BCUT2D eigenvalue weighted by Crippen LogP contribution is 2.35. The van der Waals surface area contributed by atoms with Gasteiger partial charge in [-0.3, -0.25) is 0 Å². The van der Waals surface area contributed by atoms with Crippen LogP contribution in [0.15, 0.2) is 18.2 Å². The van der Waals surface area contributed by atoms with Crippen molar-refractivity contribution in [3.8, 4) is 0 Å². The van der Waals surface area contributed by atoms with Crippen LogP contribution in [0.5, 0.6) is 0 Å². The Balaban J connectivity index is 2.02. The van der Waals surface area contributed by atoms with Crippen LogP contribution < -0.4 is 11.1 Å². The van der Waals surface area contributed by atoms with Crippen LogP contribution in [0, 0.1) is 5.92 Å². The first-order valence-corrected chi connectivity index (χ1v) is 6.23. The van der Waals surface area contributed by atoms with Crippen LogP contribution in [0.1, 0.15) is 30.1 Å². The van der Waals surface area contributed by atoms with Crippen LogP contribution in [0.3, 0.4) is 0 Å². The van der Waals surface area contributed by atoms with E-state index in [0.717, 1.165) is 12.6 Å². The smallest absolute Gasteiger partial charge is 0.398 e. The Morgan fingerprint density at radius 1 is 1.37 bits per heavy atom. The largest absolute Gasteiger partial charge is 0.418 e. The fraction of sp³-hybridized carbons (Fsp3) is 0.538. The Hall–Kier alpha value is -1.27. The van der Waals surface area contributed by atoms with Crippen molar-refractivity contribution in [2.75, 3.05) is 18.8 Å². The predicted molar refractivity (Wildman–Crippen MR) is 66.4 cm³/mol. The van der Waals surface area contributed by atoms with Gasteiger partial charge < -0.3 is 16.2 Å². The Bertz CT molecular complexity index is 444. The molecule has 1 fully saturated rings. The van der Waals surface area contributed by atoms with Crippen LogP contribution in [0.4, 0.5) is 18.9 Å². The lowest BCUT2D eigenvalue weighted by atomic mass is 10.0. The van der Waals surface area contributed by atoms with E-state index in [1.165, 1.54) is 25.0 Å². The first-order chi connectivity index (χ1) is 8.88. The lowest BCUT2D eigenvalue weighted by Gasteiger charge is -2.16. The Labute approximate surface area is 109 Å². The number of rotatable bonds is 5. The molecule has 1 atom stereocenters. The molecule has 3 nitrogen and oxygen atoms in total. The lowest BCUT2D eigenvalue weighted by Crippen LogP contribution is -2.24. The maximum atomic E-state index is 12.7. The summed E-state index contributed by atoms with van der Waals surface area (Å²) in [5, 5.41) is 12.9. The molecule has 0 bridgehead atoms. The molecule has 0 radical (unpaired) electrons. The topological polar surface area (TPSA) is 58.3 Å². The summed E-state index contributed by atoms with van der Waals surface area (Å²) in [5.74, 6) is 0.657. The van der Waals surface area contributed by atoms with Gasteiger partial charge in [-0.15, -0.1) is 0 Å². The van der Waals surface area contributed by atoms with Crippen molar-refractivity contribution in [2.24, 2.45) is 5.92 Å². The average Bonchev–Trinajstić information content (AvgIpc) is 3.12. The van der Waals surface area contributed by atoms with E-state index in [9.17, 15) is 18.3 Å². The minimum atomic E-state index is -4.50. The van der Waals surface area contributed by atoms with Gasteiger partial charge in [-0.2, -0.15) is 13.2 Å². The van der Waals surface area contributed by atoms with Gasteiger partial charge in [0.1, 0.15) is 0 Å². The van der Waals surface area contributed by atoms with E-state index in [1.807, 2.05) is 0 Å². The zero-order valence-corrected chi connectivity index (χ0v) is 10.4. The molecule has 1 aliphatic rings. The molecule has 19 heavy (non-hydrogen) atoms. The molecule has 0 saturated heterocycles. The number of hydrogen-bond acceptors (Lipinski definition) is 3. The zero-order chi connectivity index (χ0) is 14.0. The summed E-state index contributed by atoms with van der Waals surface area (Å²) in [5.41, 5.74) is 4.31. The highest BCUT2D eigenvalue weighted by molar-refractivity contribution is 5.50. The van der Waals surface area contributed by atoms with Crippen LogP contribution >= 0.6 is 0 Å². The van der Waals surface area contributed by atoms with Crippen LogP contribution in [-0.2, 0) is 6.18 Å². The van der Waals surface area contributed by atoms with Gasteiger partial charge in [0, 0.05) is 12.2 Å². The predicted octanol–water partition coefficient (Wildman–Crippen LogP) is 2.32. The van der Waals surface area contributed by atoms with Gasteiger partial charge in [0.05, 0.1) is 11.7 Å². The quantitative estimate of drug-likeness (QED) is 0.722. The molecule has 1 saturated carbocycles. The number of nitrogens with one attached hydrogen (secondary N) is 1. The number of benzene rings is 1.